The van der Waals surface area contributed by atoms with E-state index in [1.165, 1.54) is 5.56 Å². The molecule has 1 N–H and O–H groups in total. The van der Waals surface area contributed by atoms with Crippen molar-refractivity contribution in [2.45, 2.75) is 38.3 Å². The van der Waals surface area contributed by atoms with Gasteiger partial charge in [-0.3, -0.25) is 14.6 Å². The van der Waals surface area contributed by atoms with Gasteiger partial charge < -0.3 is 10.2 Å². The number of pyridine rings is 1. The van der Waals surface area contributed by atoms with Crippen LogP contribution in [0.1, 0.15) is 39.9 Å². The summed E-state index contributed by atoms with van der Waals surface area (Å²) in [6, 6.07) is 9.09. The minimum Gasteiger partial charge on any atom is -0.335 e. The van der Waals surface area contributed by atoms with E-state index in [4.69, 9.17) is 0 Å². The van der Waals surface area contributed by atoms with Crippen molar-refractivity contribution in [1.82, 2.24) is 15.2 Å². The highest BCUT2D eigenvalue weighted by Gasteiger charge is 2.42. The molecule has 0 aliphatic carbocycles. The Balaban J connectivity index is 1.58. The number of nitrogens with zero attached hydrogens (tertiary/aromatic N) is 2. The molecular formula is C23H26F3N3O2. The lowest BCUT2D eigenvalue weighted by molar-refractivity contribution is -0.185. The minimum absolute atomic E-state index is 0.0793. The van der Waals surface area contributed by atoms with E-state index < -0.39 is 12.1 Å². The zero-order valence-electron chi connectivity index (χ0n) is 17.3. The fourth-order valence-corrected chi connectivity index (χ4v) is 3.73. The van der Waals surface area contributed by atoms with E-state index in [1.807, 2.05) is 12.1 Å². The SMILES string of the molecule is O=C(CCCN(CCc1cccnc1)C(=O)C(F)(F)F)c1ccc2c(c1)CCNCC2. The third-order valence-corrected chi connectivity index (χ3v) is 5.43. The summed E-state index contributed by atoms with van der Waals surface area (Å²) in [4.78, 5) is 29.1. The van der Waals surface area contributed by atoms with Crippen LogP contribution in [0.4, 0.5) is 13.2 Å². The van der Waals surface area contributed by atoms with E-state index >= 15 is 0 Å². The van der Waals surface area contributed by atoms with E-state index in [0.29, 0.717) is 5.56 Å². The van der Waals surface area contributed by atoms with Crippen molar-refractivity contribution < 1.29 is 22.8 Å². The number of halogens is 3. The van der Waals surface area contributed by atoms with Crippen LogP contribution in [0.15, 0.2) is 42.7 Å². The number of hydrogen-bond donors (Lipinski definition) is 1. The van der Waals surface area contributed by atoms with Crippen molar-refractivity contribution in [2.75, 3.05) is 26.2 Å². The second-order valence-corrected chi connectivity index (χ2v) is 7.66. The number of nitrogens with one attached hydrogen (secondary N) is 1. The number of fused-ring (bicyclic) bond motifs is 1. The average Bonchev–Trinajstić information content (AvgIpc) is 3.00. The zero-order valence-corrected chi connectivity index (χ0v) is 17.3. The van der Waals surface area contributed by atoms with Gasteiger partial charge in [0.1, 0.15) is 0 Å². The topological polar surface area (TPSA) is 62.3 Å². The molecule has 2 aromatic rings. The quantitative estimate of drug-likeness (QED) is 0.649. The van der Waals surface area contributed by atoms with Crippen molar-refractivity contribution in [2.24, 2.45) is 0 Å². The summed E-state index contributed by atoms with van der Waals surface area (Å²) in [7, 11) is 0. The molecular weight excluding hydrogens is 407 g/mol. The van der Waals surface area contributed by atoms with Crippen molar-refractivity contribution in [3.05, 3.63) is 65.0 Å². The molecule has 1 aliphatic rings. The Morgan fingerprint density at radius 1 is 1.06 bits per heavy atom. The Hall–Kier alpha value is -2.74. The van der Waals surface area contributed by atoms with E-state index in [1.54, 1.807) is 30.6 Å². The molecule has 0 saturated carbocycles. The van der Waals surface area contributed by atoms with E-state index in [-0.39, 0.29) is 38.1 Å². The molecule has 0 fully saturated rings. The molecule has 166 valence electrons. The Bertz CT molecular complexity index is 901. The summed E-state index contributed by atoms with van der Waals surface area (Å²) in [5.74, 6) is -1.99. The van der Waals surface area contributed by atoms with Crippen molar-refractivity contribution >= 4 is 11.7 Å². The van der Waals surface area contributed by atoms with E-state index in [0.717, 1.165) is 42.0 Å². The number of amides is 1. The van der Waals surface area contributed by atoms with Crippen LogP contribution in [-0.4, -0.2) is 53.9 Å². The molecule has 1 aromatic heterocycles. The zero-order chi connectivity index (χ0) is 22.3. The second kappa shape index (κ2) is 10.5. The molecule has 1 amide bonds. The van der Waals surface area contributed by atoms with E-state index in [2.05, 4.69) is 10.3 Å². The molecule has 0 radical (unpaired) electrons. The molecule has 0 bridgehead atoms. The Morgan fingerprint density at radius 3 is 2.55 bits per heavy atom. The smallest absolute Gasteiger partial charge is 0.335 e. The molecule has 31 heavy (non-hydrogen) atoms. The lowest BCUT2D eigenvalue weighted by atomic mass is 9.97. The van der Waals surface area contributed by atoms with Crippen LogP contribution in [0, 0.1) is 0 Å². The Morgan fingerprint density at radius 2 is 1.84 bits per heavy atom. The number of carbonyl (C=O) groups excluding carboxylic acids is 2. The number of ketones is 1. The highest BCUT2D eigenvalue weighted by molar-refractivity contribution is 5.96. The fraction of sp³-hybridized carbons (Fsp3) is 0.435. The molecule has 0 saturated heterocycles. The van der Waals surface area contributed by atoms with Gasteiger partial charge in [-0.2, -0.15) is 13.2 Å². The van der Waals surface area contributed by atoms with Crippen molar-refractivity contribution in [1.29, 1.82) is 0 Å². The highest BCUT2D eigenvalue weighted by atomic mass is 19.4. The van der Waals surface area contributed by atoms with Crippen LogP contribution >= 0.6 is 0 Å². The van der Waals surface area contributed by atoms with Crippen molar-refractivity contribution in [3.63, 3.8) is 0 Å². The lowest BCUT2D eigenvalue weighted by Crippen LogP contribution is -2.42. The third kappa shape index (κ3) is 6.62. The van der Waals surface area contributed by atoms with Gasteiger partial charge in [0.25, 0.3) is 0 Å². The molecule has 5 nitrogen and oxygen atoms in total. The summed E-state index contributed by atoms with van der Waals surface area (Å²) in [5.41, 5.74) is 3.68. The number of alkyl halides is 3. The first-order chi connectivity index (χ1) is 14.8. The first-order valence-corrected chi connectivity index (χ1v) is 10.5. The predicted octanol–water partition coefficient (Wildman–Crippen LogP) is 3.37. The van der Waals surface area contributed by atoms with Gasteiger partial charge in [0.05, 0.1) is 0 Å². The van der Waals surface area contributed by atoms with Crippen LogP contribution in [0.3, 0.4) is 0 Å². The molecule has 0 unspecified atom stereocenters. The number of hydrogen-bond acceptors (Lipinski definition) is 4. The summed E-state index contributed by atoms with van der Waals surface area (Å²) >= 11 is 0. The number of Topliss-reactive ketones (excluding diaryl/α,β-unsaturated/α-hetero) is 1. The molecule has 1 aliphatic heterocycles. The maximum Gasteiger partial charge on any atom is 0.471 e. The maximum atomic E-state index is 13.0. The van der Waals surface area contributed by atoms with Crippen LogP contribution in [-0.2, 0) is 24.1 Å². The first kappa shape index (κ1) is 22.9. The second-order valence-electron chi connectivity index (χ2n) is 7.66. The van der Waals surface area contributed by atoms with Gasteiger partial charge in [0.15, 0.2) is 5.78 Å². The fourth-order valence-electron chi connectivity index (χ4n) is 3.73. The lowest BCUT2D eigenvalue weighted by Gasteiger charge is -2.23. The molecule has 0 spiro atoms. The van der Waals surface area contributed by atoms with Gasteiger partial charge in [-0.05, 0) is 67.6 Å². The molecule has 1 aromatic carbocycles. The first-order valence-electron chi connectivity index (χ1n) is 10.5. The number of carbonyl (C=O) groups is 2. The minimum atomic E-state index is -4.94. The molecule has 0 atom stereocenters. The summed E-state index contributed by atoms with van der Waals surface area (Å²) in [5, 5.41) is 3.32. The van der Waals surface area contributed by atoms with Gasteiger partial charge in [-0.1, -0.05) is 18.2 Å². The Kier molecular flexibility index (Phi) is 7.79. The Labute approximate surface area is 179 Å². The largest absolute Gasteiger partial charge is 0.471 e. The van der Waals surface area contributed by atoms with Crippen molar-refractivity contribution in [3.8, 4) is 0 Å². The van der Waals surface area contributed by atoms with Gasteiger partial charge in [0, 0.05) is 37.5 Å². The predicted molar refractivity (Wildman–Crippen MR) is 111 cm³/mol. The molecule has 3 rings (SSSR count). The van der Waals surface area contributed by atoms with Gasteiger partial charge >= 0.3 is 12.1 Å². The normalized spacial score (nSPS) is 13.9. The number of aromatic nitrogens is 1. The van der Waals surface area contributed by atoms with Crippen LogP contribution < -0.4 is 5.32 Å². The van der Waals surface area contributed by atoms with Gasteiger partial charge in [-0.25, -0.2) is 0 Å². The van der Waals surface area contributed by atoms with Crippen LogP contribution in [0.25, 0.3) is 0 Å². The van der Waals surface area contributed by atoms with Crippen LogP contribution in [0.2, 0.25) is 0 Å². The average molecular weight is 433 g/mol. The summed E-state index contributed by atoms with van der Waals surface area (Å²) in [6.07, 6.45) is 0.485. The summed E-state index contributed by atoms with van der Waals surface area (Å²) < 4.78 is 39.0. The van der Waals surface area contributed by atoms with Gasteiger partial charge in [0.2, 0.25) is 0 Å². The van der Waals surface area contributed by atoms with E-state index in [9.17, 15) is 22.8 Å². The van der Waals surface area contributed by atoms with Gasteiger partial charge in [-0.15, -0.1) is 0 Å². The molecule has 2 heterocycles. The maximum absolute atomic E-state index is 13.0. The third-order valence-electron chi connectivity index (χ3n) is 5.43. The molecule has 8 heteroatoms. The number of rotatable bonds is 8. The highest BCUT2D eigenvalue weighted by Crippen LogP contribution is 2.20. The number of benzene rings is 1. The van der Waals surface area contributed by atoms with Crippen LogP contribution in [0.5, 0.6) is 0 Å². The standard InChI is InChI=1S/C23H26F3N3O2/c24-23(25,26)22(31)29(14-9-17-3-1-10-28-16-17)13-2-4-21(30)20-6-5-18-7-11-27-12-8-19(18)15-20/h1,3,5-6,10,15-16,27H,2,4,7-9,11-14H2. The monoisotopic (exact) mass is 433 g/mol. The summed E-state index contributed by atoms with van der Waals surface area (Å²) in [6.45, 7) is 1.56.